The van der Waals surface area contributed by atoms with Gasteiger partial charge in [0.05, 0.1) is 12.6 Å². The quantitative estimate of drug-likeness (QED) is 0.648. The van der Waals surface area contributed by atoms with Gasteiger partial charge >= 0.3 is 12.0 Å². The molecule has 1 heterocycles. The van der Waals surface area contributed by atoms with Crippen molar-refractivity contribution in [3.63, 3.8) is 0 Å². The third-order valence-corrected chi connectivity index (χ3v) is 5.05. The van der Waals surface area contributed by atoms with Crippen molar-refractivity contribution in [3.05, 3.63) is 29.8 Å². The highest BCUT2D eigenvalue weighted by Gasteiger charge is 2.38. The number of benzene rings is 1. The maximum Gasteiger partial charge on any atom is 0.341 e. The molecule has 1 aliphatic carbocycles. The zero-order valence-corrected chi connectivity index (χ0v) is 14.5. The minimum atomic E-state index is -0.622. The Labute approximate surface area is 147 Å². The van der Waals surface area contributed by atoms with Crippen molar-refractivity contribution in [1.29, 1.82) is 0 Å². The molecule has 6 nitrogen and oxygen atoms in total. The Morgan fingerprint density at radius 1 is 1.32 bits per heavy atom. The van der Waals surface area contributed by atoms with E-state index in [1.54, 1.807) is 19.1 Å². The first kappa shape index (κ1) is 17.5. The number of ether oxygens (including phenoxy) is 1. The summed E-state index contributed by atoms with van der Waals surface area (Å²) in [7, 11) is 0. The highest BCUT2D eigenvalue weighted by atomic mass is 16.5. The molecule has 25 heavy (non-hydrogen) atoms. The summed E-state index contributed by atoms with van der Waals surface area (Å²) in [6.45, 7) is 2.14. The topological polar surface area (TPSA) is 93.8 Å². The summed E-state index contributed by atoms with van der Waals surface area (Å²) in [5.74, 6) is -0.513. The van der Waals surface area contributed by atoms with Gasteiger partial charge in [-0.05, 0) is 43.4 Å². The number of anilines is 1. The Bertz CT molecular complexity index is 680. The zero-order valence-electron chi connectivity index (χ0n) is 14.5. The van der Waals surface area contributed by atoms with Crippen molar-refractivity contribution in [2.75, 3.05) is 12.3 Å². The minimum absolute atomic E-state index is 0.334. The molecule has 1 aromatic rings. The second kappa shape index (κ2) is 7.68. The molecule has 1 fully saturated rings. The van der Waals surface area contributed by atoms with Crippen LogP contribution in [0.15, 0.2) is 29.3 Å². The first-order chi connectivity index (χ1) is 12.0. The maximum absolute atomic E-state index is 12.7. The standard InChI is InChI=1S/C19H25N3O3/c1-12-16(18(23)25-11-13-6-3-2-4-7-13)17(22-19(24)21-12)14-8-5-9-15(20)10-14/h5,8-10,13,16-17H,2-4,6-7,11,20H2,1H3,(H,22,24). The molecule has 2 unspecified atom stereocenters. The van der Waals surface area contributed by atoms with Gasteiger partial charge in [0.1, 0.15) is 5.92 Å². The Morgan fingerprint density at radius 3 is 2.80 bits per heavy atom. The molecule has 134 valence electrons. The van der Waals surface area contributed by atoms with E-state index in [4.69, 9.17) is 10.5 Å². The average molecular weight is 343 g/mol. The van der Waals surface area contributed by atoms with E-state index in [1.807, 2.05) is 12.1 Å². The summed E-state index contributed by atoms with van der Waals surface area (Å²) < 4.78 is 5.61. The summed E-state index contributed by atoms with van der Waals surface area (Å²) in [4.78, 5) is 28.5. The lowest BCUT2D eigenvalue weighted by molar-refractivity contribution is -0.148. The predicted octanol–water partition coefficient (Wildman–Crippen LogP) is 3.23. The summed E-state index contributed by atoms with van der Waals surface area (Å²) >= 11 is 0. The highest BCUT2D eigenvalue weighted by molar-refractivity contribution is 6.08. The number of aliphatic imine (C=N–C) groups is 1. The maximum atomic E-state index is 12.7. The van der Waals surface area contributed by atoms with Crippen LogP contribution in [0.4, 0.5) is 10.5 Å². The summed E-state index contributed by atoms with van der Waals surface area (Å²) in [5, 5.41) is 2.78. The van der Waals surface area contributed by atoms with Crippen LogP contribution in [0, 0.1) is 11.8 Å². The van der Waals surface area contributed by atoms with E-state index in [9.17, 15) is 9.59 Å². The second-order valence-electron chi connectivity index (χ2n) is 6.96. The number of nitrogens with zero attached hydrogens (tertiary/aromatic N) is 1. The molecule has 1 saturated carbocycles. The number of carbonyl (C=O) groups is 2. The molecule has 6 heteroatoms. The van der Waals surface area contributed by atoms with Gasteiger partial charge in [0.15, 0.2) is 0 Å². The van der Waals surface area contributed by atoms with E-state index < -0.39 is 18.0 Å². The normalized spacial score (nSPS) is 24.4. The monoisotopic (exact) mass is 343 g/mol. The SMILES string of the molecule is CC1=NC(=O)NC(c2cccc(N)c2)C1C(=O)OCC1CCCCC1. The van der Waals surface area contributed by atoms with Gasteiger partial charge in [0.2, 0.25) is 0 Å². The number of esters is 1. The van der Waals surface area contributed by atoms with E-state index >= 15 is 0 Å². The Morgan fingerprint density at radius 2 is 2.08 bits per heavy atom. The number of hydrogen-bond donors (Lipinski definition) is 2. The van der Waals surface area contributed by atoms with Crippen LogP contribution in [0.1, 0.15) is 50.6 Å². The van der Waals surface area contributed by atoms with E-state index in [1.165, 1.54) is 19.3 Å². The lowest BCUT2D eigenvalue weighted by Gasteiger charge is -2.30. The third kappa shape index (κ3) is 4.18. The van der Waals surface area contributed by atoms with E-state index in [0.29, 0.717) is 23.9 Å². The Balaban J connectivity index is 1.75. The first-order valence-electron chi connectivity index (χ1n) is 8.92. The van der Waals surface area contributed by atoms with E-state index in [0.717, 1.165) is 18.4 Å². The van der Waals surface area contributed by atoms with Gasteiger partial charge in [-0.1, -0.05) is 31.4 Å². The molecule has 1 aliphatic heterocycles. The molecule has 3 N–H and O–H groups in total. The van der Waals surface area contributed by atoms with Crippen LogP contribution < -0.4 is 11.1 Å². The summed E-state index contributed by atoms with van der Waals surface area (Å²) in [6, 6.07) is 6.24. The van der Waals surface area contributed by atoms with Gasteiger partial charge in [-0.3, -0.25) is 4.79 Å². The summed E-state index contributed by atoms with van der Waals surface area (Å²) in [5.41, 5.74) is 7.69. The lowest BCUT2D eigenvalue weighted by atomic mass is 9.87. The van der Waals surface area contributed by atoms with Crippen molar-refractivity contribution in [2.24, 2.45) is 16.8 Å². The molecular formula is C19H25N3O3. The van der Waals surface area contributed by atoms with Crippen LogP contribution in [0.2, 0.25) is 0 Å². The number of amides is 2. The van der Waals surface area contributed by atoms with Crippen molar-refractivity contribution < 1.29 is 14.3 Å². The minimum Gasteiger partial charge on any atom is -0.465 e. The number of nitrogens with one attached hydrogen (secondary N) is 1. The van der Waals surface area contributed by atoms with Gasteiger partial charge < -0.3 is 15.8 Å². The highest BCUT2D eigenvalue weighted by Crippen LogP contribution is 2.30. The van der Waals surface area contributed by atoms with Crippen molar-refractivity contribution in [3.8, 4) is 0 Å². The fraction of sp³-hybridized carbons (Fsp3) is 0.526. The fourth-order valence-corrected chi connectivity index (χ4v) is 3.70. The molecule has 0 bridgehead atoms. The molecule has 1 aromatic carbocycles. The van der Waals surface area contributed by atoms with E-state index in [2.05, 4.69) is 10.3 Å². The molecular weight excluding hydrogens is 318 g/mol. The van der Waals surface area contributed by atoms with E-state index in [-0.39, 0.29) is 5.97 Å². The zero-order chi connectivity index (χ0) is 17.8. The molecule has 2 amide bonds. The van der Waals surface area contributed by atoms with Crippen LogP contribution in [-0.4, -0.2) is 24.3 Å². The van der Waals surface area contributed by atoms with Crippen LogP contribution in [0.25, 0.3) is 0 Å². The number of nitrogens with two attached hydrogens (primary N) is 1. The van der Waals surface area contributed by atoms with Crippen LogP contribution >= 0.6 is 0 Å². The Hall–Kier alpha value is -2.37. The van der Waals surface area contributed by atoms with Gasteiger partial charge in [-0.25, -0.2) is 9.79 Å². The third-order valence-electron chi connectivity index (χ3n) is 5.05. The van der Waals surface area contributed by atoms with Crippen molar-refractivity contribution in [2.45, 2.75) is 45.1 Å². The molecule has 2 aliphatic rings. The van der Waals surface area contributed by atoms with Gasteiger partial charge in [-0.15, -0.1) is 0 Å². The molecule has 0 radical (unpaired) electrons. The average Bonchev–Trinajstić information content (AvgIpc) is 2.60. The Kier molecular flexibility index (Phi) is 5.36. The van der Waals surface area contributed by atoms with Crippen molar-refractivity contribution >= 4 is 23.4 Å². The van der Waals surface area contributed by atoms with Gasteiger partial charge in [0, 0.05) is 11.4 Å². The second-order valence-corrected chi connectivity index (χ2v) is 6.96. The summed E-state index contributed by atoms with van der Waals surface area (Å²) in [6.07, 6.45) is 5.89. The largest absolute Gasteiger partial charge is 0.465 e. The number of hydrogen-bond acceptors (Lipinski definition) is 4. The number of rotatable bonds is 4. The molecule has 2 atom stereocenters. The lowest BCUT2D eigenvalue weighted by Crippen LogP contribution is -2.44. The number of urea groups is 1. The van der Waals surface area contributed by atoms with Crippen LogP contribution in [0.3, 0.4) is 0 Å². The van der Waals surface area contributed by atoms with Crippen molar-refractivity contribution in [1.82, 2.24) is 5.32 Å². The number of carbonyl (C=O) groups excluding carboxylic acids is 2. The number of nitrogen functional groups attached to an aromatic ring is 1. The molecule has 3 rings (SSSR count). The van der Waals surface area contributed by atoms with Gasteiger partial charge in [0.25, 0.3) is 0 Å². The van der Waals surface area contributed by atoms with Gasteiger partial charge in [-0.2, -0.15) is 0 Å². The van der Waals surface area contributed by atoms with Crippen LogP contribution in [-0.2, 0) is 9.53 Å². The van der Waals surface area contributed by atoms with Crippen LogP contribution in [0.5, 0.6) is 0 Å². The first-order valence-corrected chi connectivity index (χ1v) is 8.92. The predicted molar refractivity (Wildman–Crippen MR) is 96.3 cm³/mol. The molecule has 0 spiro atoms. The molecule has 0 aromatic heterocycles. The molecule has 0 saturated heterocycles. The fourth-order valence-electron chi connectivity index (χ4n) is 3.70. The smallest absolute Gasteiger partial charge is 0.341 e.